The van der Waals surface area contributed by atoms with Gasteiger partial charge in [-0.05, 0) is 43.2 Å². The van der Waals surface area contributed by atoms with Crippen molar-refractivity contribution in [1.29, 1.82) is 0 Å². The van der Waals surface area contributed by atoms with Crippen LogP contribution in [0.3, 0.4) is 0 Å². The lowest BCUT2D eigenvalue weighted by Gasteiger charge is -2.39. The molecule has 2 aromatic rings. The van der Waals surface area contributed by atoms with Gasteiger partial charge in [0.2, 0.25) is 5.91 Å². The van der Waals surface area contributed by atoms with E-state index in [4.69, 9.17) is 25.5 Å². The van der Waals surface area contributed by atoms with Crippen LogP contribution < -0.4 is 5.32 Å². The Labute approximate surface area is 200 Å². The van der Waals surface area contributed by atoms with Gasteiger partial charge in [-0.3, -0.25) is 9.69 Å². The Hall–Kier alpha value is -3.29. The van der Waals surface area contributed by atoms with Crippen molar-refractivity contribution in [2.75, 3.05) is 20.2 Å². The predicted octanol–water partition coefficient (Wildman–Crippen LogP) is -1.41. The highest BCUT2D eigenvalue weighted by Gasteiger charge is 2.35. The Morgan fingerprint density at radius 1 is 1.17 bits per heavy atom. The minimum atomic E-state index is -2.27. The first-order valence-electron chi connectivity index (χ1n) is 10.8. The standard InChI is InChI=1S/C19H23N3O2.C4H6O6.H2O/c1-11(10-23)21-19(24)13-6-15-14-4-3-5-16-18(14)12(8-20-16)7-17(15)22(2)9-13;5-1(3(7)8)2(6)4(9)10;/h3-6,8,11,13,17,20,23H,7,9-10H2,1-2H3,(H,21,24);1-2,5-6H,(H,7,8)(H,9,10);1H2/t11-,13+,17+;;/m0../s1. The molecule has 12 nitrogen and oxygen atoms in total. The molecule has 0 saturated carbocycles. The third-order valence-corrected chi connectivity index (χ3v) is 6.07. The van der Waals surface area contributed by atoms with Crippen LogP contribution in [0.4, 0.5) is 0 Å². The maximum Gasteiger partial charge on any atom is 0.335 e. The molecule has 1 amide bonds. The number of amides is 1. The van der Waals surface area contributed by atoms with Crippen molar-refractivity contribution in [2.45, 2.75) is 37.6 Å². The Bertz CT molecular complexity index is 1090. The zero-order valence-corrected chi connectivity index (χ0v) is 19.3. The molecule has 2 heterocycles. The van der Waals surface area contributed by atoms with Gasteiger partial charge in [-0.15, -0.1) is 0 Å². The zero-order chi connectivity index (χ0) is 25.2. The molecule has 2 unspecified atom stereocenters. The number of aromatic nitrogens is 1. The molecule has 35 heavy (non-hydrogen) atoms. The average molecular weight is 494 g/mol. The number of hydrogen-bond acceptors (Lipinski definition) is 7. The number of aliphatic hydroxyl groups is 3. The molecule has 1 aromatic carbocycles. The number of aliphatic hydroxyl groups excluding tert-OH is 3. The van der Waals surface area contributed by atoms with Gasteiger partial charge in [-0.1, -0.05) is 18.2 Å². The van der Waals surface area contributed by atoms with Crippen molar-refractivity contribution in [3.63, 3.8) is 0 Å². The number of likely N-dealkylation sites (N-methyl/N-ethyl adjacent to an activating group) is 1. The van der Waals surface area contributed by atoms with Crippen LogP contribution in [0.2, 0.25) is 0 Å². The number of nitrogens with one attached hydrogen (secondary N) is 2. The van der Waals surface area contributed by atoms with E-state index in [1.165, 1.54) is 22.1 Å². The maximum absolute atomic E-state index is 12.5. The first-order chi connectivity index (χ1) is 16.0. The molecule has 5 atom stereocenters. The summed E-state index contributed by atoms with van der Waals surface area (Å²) in [5.41, 5.74) is 4.99. The fourth-order valence-electron chi connectivity index (χ4n) is 4.28. The number of H-pyrrole nitrogens is 1. The number of carbonyl (C=O) groups is 3. The number of carbonyl (C=O) groups excluding carboxylic acids is 1. The van der Waals surface area contributed by atoms with E-state index in [2.05, 4.69) is 52.7 Å². The highest BCUT2D eigenvalue weighted by molar-refractivity contribution is 5.99. The summed E-state index contributed by atoms with van der Waals surface area (Å²) in [6.07, 6.45) is 0.686. The molecule has 192 valence electrons. The smallest absolute Gasteiger partial charge is 0.335 e. The Kier molecular flexibility index (Phi) is 9.12. The first-order valence-corrected chi connectivity index (χ1v) is 10.8. The number of rotatable bonds is 6. The third-order valence-electron chi connectivity index (χ3n) is 6.07. The number of nitrogens with zero attached hydrogens (tertiary/aromatic N) is 1. The summed E-state index contributed by atoms with van der Waals surface area (Å²) in [5, 5.41) is 45.9. The predicted molar refractivity (Wildman–Crippen MR) is 125 cm³/mol. The number of hydrogen-bond donors (Lipinski definition) is 7. The van der Waals surface area contributed by atoms with E-state index in [9.17, 15) is 14.4 Å². The SMILES string of the molecule is C[C@@H](CO)NC(=O)[C@@H]1C=C2c3cccc4[nH]cc(c34)C[C@H]2N(C)C1.O.O=C(O)C(O)C(O)C(=O)O. The van der Waals surface area contributed by atoms with Gasteiger partial charge in [0.1, 0.15) is 0 Å². The van der Waals surface area contributed by atoms with E-state index in [0.717, 1.165) is 11.9 Å². The number of fused-ring (bicyclic) bond motifs is 2. The van der Waals surface area contributed by atoms with Gasteiger partial charge in [0, 0.05) is 35.7 Å². The summed E-state index contributed by atoms with van der Waals surface area (Å²) in [6.45, 7) is 2.47. The van der Waals surface area contributed by atoms with Crippen LogP contribution in [0.1, 0.15) is 18.1 Å². The minimum Gasteiger partial charge on any atom is -0.479 e. The van der Waals surface area contributed by atoms with E-state index in [0.29, 0.717) is 12.6 Å². The molecule has 9 N–H and O–H groups in total. The van der Waals surface area contributed by atoms with Crippen molar-refractivity contribution in [1.82, 2.24) is 15.2 Å². The number of aromatic amines is 1. The first kappa shape index (κ1) is 28.0. The second kappa shape index (κ2) is 11.4. The number of carboxylic acids is 2. The molecule has 1 aliphatic carbocycles. The Morgan fingerprint density at radius 2 is 1.80 bits per heavy atom. The molecular weight excluding hydrogens is 462 g/mol. The second-order valence-electron chi connectivity index (χ2n) is 8.59. The molecule has 1 aliphatic heterocycles. The molecule has 0 bridgehead atoms. The lowest BCUT2D eigenvalue weighted by Crippen LogP contribution is -2.48. The van der Waals surface area contributed by atoms with Gasteiger partial charge >= 0.3 is 11.9 Å². The minimum absolute atomic E-state index is 0. The van der Waals surface area contributed by atoms with Gasteiger partial charge in [0.05, 0.1) is 12.5 Å². The van der Waals surface area contributed by atoms with Gasteiger partial charge in [0.15, 0.2) is 12.2 Å². The average Bonchev–Trinajstić information content (AvgIpc) is 3.23. The lowest BCUT2D eigenvalue weighted by molar-refractivity contribution is -0.165. The summed E-state index contributed by atoms with van der Waals surface area (Å²) >= 11 is 0. The lowest BCUT2D eigenvalue weighted by atomic mass is 9.80. The van der Waals surface area contributed by atoms with Gasteiger partial charge in [-0.2, -0.15) is 0 Å². The third kappa shape index (κ3) is 5.86. The van der Waals surface area contributed by atoms with Crippen LogP contribution in [0.5, 0.6) is 0 Å². The summed E-state index contributed by atoms with van der Waals surface area (Å²) in [5.74, 6) is -3.74. The molecule has 12 heteroatoms. The van der Waals surface area contributed by atoms with Crippen molar-refractivity contribution >= 4 is 34.3 Å². The molecule has 1 aromatic heterocycles. The number of aliphatic carboxylic acids is 2. The summed E-state index contributed by atoms with van der Waals surface area (Å²) in [4.78, 5) is 37.7. The van der Waals surface area contributed by atoms with E-state index in [1.54, 1.807) is 0 Å². The van der Waals surface area contributed by atoms with Crippen LogP contribution in [0.25, 0.3) is 16.5 Å². The zero-order valence-electron chi connectivity index (χ0n) is 19.3. The molecule has 2 aliphatic rings. The summed E-state index contributed by atoms with van der Waals surface area (Å²) < 4.78 is 0. The van der Waals surface area contributed by atoms with Crippen molar-refractivity contribution in [3.8, 4) is 0 Å². The van der Waals surface area contributed by atoms with Crippen molar-refractivity contribution in [3.05, 3.63) is 41.6 Å². The monoisotopic (exact) mass is 493 g/mol. The van der Waals surface area contributed by atoms with E-state index < -0.39 is 24.1 Å². The molecule has 0 spiro atoms. The molecule has 0 saturated heterocycles. The maximum atomic E-state index is 12.5. The molecular formula is C23H31N3O9. The topological polar surface area (TPSA) is 215 Å². The quantitative estimate of drug-likeness (QED) is 0.251. The van der Waals surface area contributed by atoms with Crippen LogP contribution in [0, 0.1) is 5.92 Å². The van der Waals surface area contributed by atoms with Crippen LogP contribution in [-0.4, -0.2) is 103 Å². The van der Waals surface area contributed by atoms with Gasteiger partial charge < -0.3 is 41.3 Å². The van der Waals surface area contributed by atoms with Crippen molar-refractivity contribution in [2.24, 2.45) is 5.92 Å². The van der Waals surface area contributed by atoms with Gasteiger partial charge in [0.25, 0.3) is 0 Å². The Morgan fingerprint density at radius 3 is 2.37 bits per heavy atom. The van der Waals surface area contributed by atoms with Gasteiger partial charge in [-0.25, -0.2) is 9.59 Å². The highest BCUT2D eigenvalue weighted by atomic mass is 16.4. The highest BCUT2D eigenvalue weighted by Crippen LogP contribution is 2.40. The Balaban J connectivity index is 0.000000338. The molecule has 4 rings (SSSR count). The summed E-state index contributed by atoms with van der Waals surface area (Å²) in [6, 6.07) is 6.42. The number of carboxylic acid groups (broad SMARTS) is 2. The largest absolute Gasteiger partial charge is 0.479 e. The fraction of sp³-hybridized carbons (Fsp3) is 0.435. The second-order valence-corrected chi connectivity index (χ2v) is 8.59. The molecule has 0 fully saturated rings. The van der Waals surface area contributed by atoms with Crippen LogP contribution in [-0.2, 0) is 20.8 Å². The number of benzene rings is 1. The van der Waals surface area contributed by atoms with E-state index in [1.807, 2.05) is 6.92 Å². The van der Waals surface area contributed by atoms with E-state index in [-0.39, 0.29) is 30.0 Å². The summed E-state index contributed by atoms with van der Waals surface area (Å²) in [7, 11) is 2.09. The van der Waals surface area contributed by atoms with E-state index >= 15 is 0 Å². The molecule has 0 radical (unpaired) electrons. The van der Waals surface area contributed by atoms with Crippen LogP contribution in [0.15, 0.2) is 30.5 Å². The van der Waals surface area contributed by atoms with Crippen LogP contribution >= 0.6 is 0 Å². The van der Waals surface area contributed by atoms with Crippen molar-refractivity contribution < 1.29 is 45.4 Å². The normalized spacial score (nSPS) is 21.2. The fourth-order valence-corrected chi connectivity index (χ4v) is 4.28.